The summed E-state index contributed by atoms with van der Waals surface area (Å²) in [7, 11) is 1.75. The Hall–Kier alpha value is -1.02. The second kappa shape index (κ2) is 9.09. The topological polar surface area (TPSA) is 61.4 Å². The number of hydrogen-bond acceptors (Lipinski definition) is 3. The number of piperidine rings is 1. The Morgan fingerprint density at radius 2 is 1.81 bits per heavy atom. The molecule has 0 radical (unpaired) electrons. The molecular weight excluding hydrogens is 311 g/mol. The van der Waals surface area contributed by atoms with Crippen LogP contribution in [0.15, 0.2) is 0 Å². The van der Waals surface area contributed by atoms with Crippen LogP contribution >= 0.6 is 12.4 Å². The van der Waals surface area contributed by atoms with Crippen molar-refractivity contribution in [3.05, 3.63) is 0 Å². The van der Waals surface area contributed by atoms with E-state index in [9.17, 15) is 22.8 Å². The Labute approximate surface area is 128 Å². The minimum Gasteiger partial charge on any atom is -0.356 e. The van der Waals surface area contributed by atoms with E-state index in [0.29, 0.717) is 32.4 Å². The zero-order valence-corrected chi connectivity index (χ0v) is 12.6. The highest BCUT2D eigenvalue weighted by Gasteiger charge is 2.43. The van der Waals surface area contributed by atoms with Gasteiger partial charge in [-0.3, -0.25) is 9.59 Å². The fourth-order valence-corrected chi connectivity index (χ4v) is 2.10. The first kappa shape index (κ1) is 20.0. The summed E-state index contributed by atoms with van der Waals surface area (Å²) in [5.74, 6) is -1.71. The number of nitrogens with one attached hydrogen (secondary N) is 2. The zero-order valence-electron chi connectivity index (χ0n) is 11.8. The van der Waals surface area contributed by atoms with Crippen molar-refractivity contribution in [2.45, 2.75) is 25.4 Å². The number of halogens is 4. The Morgan fingerprint density at radius 1 is 1.24 bits per heavy atom. The molecule has 0 aromatic rings. The Balaban J connectivity index is 0.00000400. The Kier molecular flexibility index (Phi) is 8.65. The highest BCUT2D eigenvalue weighted by molar-refractivity contribution is 5.85. The molecule has 1 saturated heterocycles. The normalized spacial score (nSPS) is 16.3. The predicted molar refractivity (Wildman–Crippen MR) is 74.2 cm³/mol. The monoisotopic (exact) mass is 331 g/mol. The van der Waals surface area contributed by atoms with E-state index in [2.05, 4.69) is 10.6 Å². The maximum absolute atomic E-state index is 12.2. The van der Waals surface area contributed by atoms with Gasteiger partial charge in [0.2, 0.25) is 5.91 Å². The molecule has 0 aliphatic carbocycles. The molecule has 1 aliphatic heterocycles. The minimum absolute atomic E-state index is 0. The van der Waals surface area contributed by atoms with Crippen LogP contribution in [0.4, 0.5) is 13.2 Å². The lowest BCUT2D eigenvalue weighted by Crippen LogP contribution is -2.46. The van der Waals surface area contributed by atoms with Gasteiger partial charge in [0.1, 0.15) is 0 Å². The highest BCUT2D eigenvalue weighted by Crippen LogP contribution is 2.23. The van der Waals surface area contributed by atoms with Crippen molar-refractivity contribution in [1.82, 2.24) is 15.5 Å². The highest BCUT2D eigenvalue weighted by atomic mass is 35.5. The fourth-order valence-electron chi connectivity index (χ4n) is 2.10. The molecule has 0 atom stereocenters. The van der Waals surface area contributed by atoms with Gasteiger partial charge in [-0.15, -0.1) is 12.4 Å². The smallest absolute Gasteiger partial charge is 0.356 e. The van der Waals surface area contributed by atoms with Crippen LogP contribution in [0.2, 0.25) is 0 Å². The number of rotatable bonds is 5. The molecule has 0 saturated carbocycles. The maximum atomic E-state index is 12.2. The Morgan fingerprint density at radius 3 is 2.29 bits per heavy atom. The van der Waals surface area contributed by atoms with Crippen LogP contribution in [0.3, 0.4) is 0 Å². The van der Waals surface area contributed by atoms with Crippen LogP contribution in [0.1, 0.15) is 19.3 Å². The third-order valence-electron chi connectivity index (χ3n) is 3.33. The first-order valence-corrected chi connectivity index (χ1v) is 6.62. The van der Waals surface area contributed by atoms with E-state index in [1.54, 1.807) is 7.05 Å². The SMILES string of the molecule is CNCCC(=O)NCC1CCN(C(=O)C(F)(F)F)CC1.Cl. The summed E-state index contributed by atoms with van der Waals surface area (Å²) in [6, 6.07) is 0. The van der Waals surface area contributed by atoms with Gasteiger partial charge in [0.05, 0.1) is 0 Å². The lowest BCUT2D eigenvalue weighted by atomic mass is 9.96. The summed E-state index contributed by atoms with van der Waals surface area (Å²) in [6.07, 6.45) is -3.46. The van der Waals surface area contributed by atoms with Gasteiger partial charge in [-0.25, -0.2) is 0 Å². The van der Waals surface area contributed by atoms with Crippen LogP contribution in [-0.4, -0.2) is 56.1 Å². The molecular formula is C12H21ClF3N3O2. The van der Waals surface area contributed by atoms with E-state index in [0.717, 1.165) is 4.90 Å². The van der Waals surface area contributed by atoms with Crippen molar-refractivity contribution in [2.75, 3.05) is 33.2 Å². The third kappa shape index (κ3) is 6.99. The van der Waals surface area contributed by atoms with Crippen molar-refractivity contribution < 1.29 is 22.8 Å². The summed E-state index contributed by atoms with van der Waals surface area (Å²) in [6.45, 7) is 1.23. The molecule has 9 heteroatoms. The molecule has 0 bridgehead atoms. The second-order valence-corrected chi connectivity index (χ2v) is 4.89. The molecule has 0 aromatic heterocycles. The molecule has 21 heavy (non-hydrogen) atoms. The maximum Gasteiger partial charge on any atom is 0.471 e. The van der Waals surface area contributed by atoms with Crippen molar-refractivity contribution in [3.63, 3.8) is 0 Å². The van der Waals surface area contributed by atoms with Gasteiger partial charge in [-0.1, -0.05) is 0 Å². The van der Waals surface area contributed by atoms with Gasteiger partial charge < -0.3 is 15.5 Å². The molecule has 2 amide bonds. The summed E-state index contributed by atoms with van der Waals surface area (Å²) in [4.78, 5) is 23.3. The van der Waals surface area contributed by atoms with E-state index in [1.165, 1.54) is 0 Å². The lowest BCUT2D eigenvalue weighted by molar-refractivity contribution is -0.186. The van der Waals surface area contributed by atoms with Crippen molar-refractivity contribution in [2.24, 2.45) is 5.92 Å². The molecule has 0 unspecified atom stereocenters. The van der Waals surface area contributed by atoms with Gasteiger partial charge in [0.25, 0.3) is 0 Å². The molecule has 2 N–H and O–H groups in total. The minimum atomic E-state index is -4.80. The number of hydrogen-bond donors (Lipinski definition) is 2. The first-order valence-electron chi connectivity index (χ1n) is 6.62. The molecule has 5 nitrogen and oxygen atoms in total. The van der Waals surface area contributed by atoms with E-state index in [4.69, 9.17) is 0 Å². The van der Waals surface area contributed by atoms with Gasteiger partial charge >= 0.3 is 12.1 Å². The van der Waals surface area contributed by atoms with E-state index in [1.807, 2.05) is 0 Å². The van der Waals surface area contributed by atoms with E-state index >= 15 is 0 Å². The second-order valence-electron chi connectivity index (χ2n) is 4.89. The van der Waals surface area contributed by atoms with Crippen LogP contribution in [0.25, 0.3) is 0 Å². The summed E-state index contributed by atoms with van der Waals surface area (Å²) >= 11 is 0. The number of carbonyl (C=O) groups is 2. The molecule has 0 aromatic carbocycles. The number of carbonyl (C=O) groups excluding carboxylic acids is 2. The lowest BCUT2D eigenvalue weighted by Gasteiger charge is -2.32. The standard InChI is InChI=1S/C12H20F3N3O2.ClH/c1-16-5-2-10(19)17-8-9-3-6-18(7-4-9)11(20)12(13,14)15;/h9,16H,2-8H2,1H3,(H,17,19);1H. The van der Waals surface area contributed by atoms with Crippen LogP contribution in [0, 0.1) is 5.92 Å². The van der Waals surface area contributed by atoms with Crippen LogP contribution < -0.4 is 10.6 Å². The average Bonchev–Trinajstić information content (AvgIpc) is 2.41. The quantitative estimate of drug-likeness (QED) is 0.788. The third-order valence-corrected chi connectivity index (χ3v) is 3.33. The number of amides is 2. The first-order chi connectivity index (χ1) is 9.34. The van der Waals surface area contributed by atoms with Crippen LogP contribution in [0.5, 0.6) is 0 Å². The number of alkyl halides is 3. The van der Waals surface area contributed by atoms with Gasteiger partial charge in [-0.2, -0.15) is 13.2 Å². The van der Waals surface area contributed by atoms with Gasteiger partial charge in [0, 0.05) is 32.6 Å². The molecule has 1 rings (SSSR count). The average molecular weight is 332 g/mol. The van der Waals surface area contributed by atoms with E-state index in [-0.39, 0.29) is 37.3 Å². The molecule has 124 valence electrons. The van der Waals surface area contributed by atoms with Crippen molar-refractivity contribution in [1.29, 1.82) is 0 Å². The van der Waals surface area contributed by atoms with E-state index < -0.39 is 12.1 Å². The molecule has 0 spiro atoms. The summed E-state index contributed by atoms with van der Waals surface area (Å²) in [5, 5.41) is 5.61. The summed E-state index contributed by atoms with van der Waals surface area (Å²) < 4.78 is 36.7. The predicted octanol–water partition coefficient (Wildman–Crippen LogP) is 0.935. The largest absolute Gasteiger partial charge is 0.471 e. The number of likely N-dealkylation sites (tertiary alicyclic amines) is 1. The van der Waals surface area contributed by atoms with Gasteiger partial charge in [-0.05, 0) is 25.8 Å². The molecule has 1 aliphatic rings. The zero-order chi connectivity index (χ0) is 15.2. The van der Waals surface area contributed by atoms with Crippen molar-refractivity contribution in [3.8, 4) is 0 Å². The fraction of sp³-hybridized carbons (Fsp3) is 0.833. The summed E-state index contributed by atoms with van der Waals surface area (Å²) in [5.41, 5.74) is 0. The van der Waals surface area contributed by atoms with Gasteiger partial charge in [0.15, 0.2) is 0 Å². The van der Waals surface area contributed by atoms with Crippen LogP contribution in [-0.2, 0) is 9.59 Å². The van der Waals surface area contributed by atoms with Crippen molar-refractivity contribution >= 4 is 24.2 Å². The Bertz CT molecular complexity index is 345. The molecule has 1 fully saturated rings. The molecule has 1 heterocycles. The number of nitrogens with zero attached hydrogens (tertiary/aromatic N) is 1.